The Morgan fingerprint density at radius 3 is 2.26 bits per heavy atom. The van der Waals surface area contributed by atoms with Crippen molar-refractivity contribution < 1.29 is 4.79 Å². The van der Waals surface area contributed by atoms with Gasteiger partial charge in [-0.25, -0.2) is 0 Å². The molecule has 3 heteroatoms. The molecule has 0 fully saturated rings. The molecule has 0 saturated carbocycles. The molecule has 0 aliphatic rings. The summed E-state index contributed by atoms with van der Waals surface area (Å²) >= 11 is 5.90. The third kappa shape index (κ3) is 4.54. The van der Waals surface area contributed by atoms with E-state index in [1.54, 1.807) is 12.1 Å². The van der Waals surface area contributed by atoms with E-state index < -0.39 is 0 Å². The number of carbonyl (C=O) groups is 1. The molecular weight excluding hydrogens is 258 g/mol. The Labute approximate surface area is 121 Å². The summed E-state index contributed by atoms with van der Waals surface area (Å²) in [5.41, 5.74) is 1.62. The van der Waals surface area contributed by atoms with Gasteiger partial charge in [0.25, 0.3) is 5.91 Å². The van der Waals surface area contributed by atoms with Gasteiger partial charge in [-0.15, -0.1) is 0 Å². The predicted molar refractivity (Wildman–Crippen MR) is 81.7 cm³/mol. The molecule has 1 aromatic rings. The van der Waals surface area contributed by atoms with E-state index in [4.69, 9.17) is 11.6 Å². The highest BCUT2D eigenvalue weighted by Crippen LogP contribution is 2.20. The minimum absolute atomic E-state index is 0.0135. The van der Waals surface area contributed by atoms with Gasteiger partial charge in [-0.1, -0.05) is 39.3 Å². The molecule has 0 atom stereocenters. The molecule has 0 aliphatic carbocycles. The number of benzene rings is 1. The van der Waals surface area contributed by atoms with Gasteiger partial charge in [0.1, 0.15) is 0 Å². The van der Waals surface area contributed by atoms with E-state index in [2.05, 4.69) is 33.0 Å². The van der Waals surface area contributed by atoms with Crippen molar-refractivity contribution in [1.29, 1.82) is 0 Å². The molecule has 2 nitrogen and oxygen atoms in total. The smallest absolute Gasteiger partial charge is 0.251 e. The zero-order chi connectivity index (χ0) is 14.6. The van der Waals surface area contributed by atoms with Crippen LogP contribution >= 0.6 is 11.6 Å². The number of amides is 1. The lowest BCUT2D eigenvalue weighted by atomic mass is 9.85. The number of rotatable bonds is 5. The average molecular weight is 282 g/mol. The fourth-order valence-electron chi connectivity index (χ4n) is 2.43. The van der Waals surface area contributed by atoms with Gasteiger partial charge in [-0.3, -0.25) is 4.79 Å². The van der Waals surface area contributed by atoms with Gasteiger partial charge in [0.15, 0.2) is 0 Å². The fraction of sp³-hybridized carbons (Fsp3) is 0.562. The Kier molecular flexibility index (Phi) is 5.86. The van der Waals surface area contributed by atoms with Gasteiger partial charge < -0.3 is 5.32 Å². The molecule has 0 radical (unpaired) electrons. The van der Waals surface area contributed by atoms with Crippen LogP contribution in [0.3, 0.4) is 0 Å². The van der Waals surface area contributed by atoms with Crippen LogP contribution in [0.15, 0.2) is 18.2 Å². The number of hydrogen-bond donors (Lipinski definition) is 1. The first-order valence-electron chi connectivity index (χ1n) is 6.87. The molecule has 0 aromatic heterocycles. The Balaban J connectivity index is 2.69. The maximum absolute atomic E-state index is 12.2. The van der Waals surface area contributed by atoms with Gasteiger partial charge in [0.2, 0.25) is 0 Å². The normalized spacial score (nSPS) is 11.4. The summed E-state index contributed by atoms with van der Waals surface area (Å²) < 4.78 is 0. The van der Waals surface area contributed by atoms with Crippen LogP contribution in [0.2, 0.25) is 5.02 Å². The summed E-state index contributed by atoms with van der Waals surface area (Å²) in [7, 11) is 0. The lowest BCUT2D eigenvalue weighted by Crippen LogP contribution is -2.34. The van der Waals surface area contributed by atoms with E-state index in [0.29, 0.717) is 28.3 Å². The summed E-state index contributed by atoms with van der Waals surface area (Å²) in [4.78, 5) is 12.2. The summed E-state index contributed by atoms with van der Waals surface area (Å²) in [6.45, 7) is 11.4. The maximum atomic E-state index is 12.2. The second kappa shape index (κ2) is 6.95. The van der Waals surface area contributed by atoms with E-state index in [9.17, 15) is 4.79 Å². The quantitative estimate of drug-likeness (QED) is 0.856. The maximum Gasteiger partial charge on any atom is 0.251 e. The van der Waals surface area contributed by atoms with Crippen LogP contribution in [0, 0.1) is 24.7 Å². The van der Waals surface area contributed by atoms with Crippen LogP contribution in [-0.2, 0) is 0 Å². The van der Waals surface area contributed by atoms with E-state index in [0.717, 1.165) is 12.1 Å². The summed E-state index contributed by atoms with van der Waals surface area (Å²) in [5.74, 6) is 1.61. The second-order valence-corrected chi connectivity index (χ2v) is 6.26. The van der Waals surface area contributed by atoms with Crippen molar-refractivity contribution >= 4 is 17.5 Å². The fourth-order valence-corrected chi connectivity index (χ4v) is 2.66. The van der Waals surface area contributed by atoms with E-state index in [1.165, 1.54) is 0 Å². The van der Waals surface area contributed by atoms with E-state index in [1.807, 2.05) is 13.0 Å². The van der Waals surface area contributed by atoms with Gasteiger partial charge in [-0.2, -0.15) is 0 Å². The third-order valence-electron chi connectivity index (χ3n) is 3.64. The highest BCUT2D eigenvalue weighted by atomic mass is 35.5. The molecule has 106 valence electrons. The third-order valence-corrected chi connectivity index (χ3v) is 3.88. The van der Waals surface area contributed by atoms with Crippen molar-refractivity contribution in [1.82, 2.24) is 5.32 Å². The Hall–Kier alpha value is -1.02. The Morgan fingerprint density at radius 1 is 1.21 bits per heavy atom. The molecule has 0 unspecified atom stereocenters. The van der Waals surface area contributed by atoms with Crippen LogP contribution in [-0.4, -0.2) is 12.5 Å². The molecule has 0 bridgehead atoms. The number of halogens is 1. The van der Waals surface area contributed by atoms with Gasteiger partial charge in [0.05, 0.1) is 0 Å². The molecule has 1 N–H and O–H groups in total. The van der Waals surface area contributed by atoms with Crippen LogP contribution in [0.4, 0.5) is 0 Å². The van der Waals surface area contributed by atoms with Crippen LogP contribution in [0.5, 0.6) is 0 Å². The minimum atomic E-state index is -0.0135. The predicted octanol–water partition coefficient (Wildman–Crippen LogP) is 4.31. The van der Waals surface area contributed by atoms with Crippen LogP contribution < -0.4 is 5.32 Å². The van der Waals surface area contributed by atoms with Crippen molar-refractivity contribution in [3.63, 3.8) is 0 Å². The lowest BCUT2D eigenvalue weighted by molar-refractivity contribution is 0.0936. The molecule has 0 saturated heterocycles. The topological polar surface area (TPSA) is 29.1 Å². The van der Waals surface area contributed by atoms with Crippen molar-refractivity contribution in [2.75, 3.05) is 6.54 Å². The molecule has 1 amide bonds. The molecule has 0 aliphatic heterocycles. The monoisotopic (exact) mass is 281 g/mol. The standard InChI is InChI=1S/C16H24ClNO/c1-10(2)15(11(3)4)9-18-16(19)14-7-6-13(17)8-12(14)5/h6-8,10-11,15H,9H2,1-5H3,(H,18,19). The first-order chi connectivity index (χ1) is 8.82. The molecule has 0 spiro atoms. The van der Waals surface area contributed by atoms with Crippen LogP contribution in [0.1, 0.15) is 43.6 Å². The van der Waals surface area contributed by atoms with Crippen molar-refractivity contribution in [2.45, 2.75) is 34.6 Å². The largest absolute Gasteiger partial charge is 0.352 e. The average Bonchev–Trinajstić information content (AvgIpc) is 2.27. The highest BCUT2D eigenvalue weighted by molar-refractivity contribution is 6.30. The SMILES string of the molecule is Cc1cc(Cl)ccc1C(=O)NCC(C(C)C)C(C)C. The number of nitrogens with one attached hydrogen (secondary N) is 1. The van der Waals surface area contributed by atoms with Crippen molar-refractivity contribution in [2.24, 2.45) is 17.8 Å². The molecule has 1 rings (SSSR count). The minimum Gasteiger partial charge on any atom is -0.352 e. The summed E-state index contributed by atoms with van der Waals surface area (Å²) in [6.07, 6.45) is 0. The van der Waals surface area contributed by atoms with Crippen LogP contribution in [0.25, 0.3) is 0 Å². The molecule has 19 heavy (non-hydrogen) atoms. The zero-order valence-electron chi connectivity index (χ0n) is 12.5. The van der Waals surface area contributed by atoms with Crippen molar-refractivity contribution in [3.05, 3.63) is 34.3 Å². The zero-order valence-corrected chi connectivity index (χ0v) is 13.2. The highest BCUT2D eigenvalue weighted by Gasteiger charge is 2.19. The summed E-state index contributed by atoms with van der Waals surface area (Å²) in [6, 6.07) is 5.36. The lowest BCUT2D eigenvalue weighted by Gasteiger charge is -2.25. The Bertz CT molecular complexity index is 432. The van der Waals surface area contributed by atoms with Gasteiger partial charge >= 0.3 is 0 Å². The van der Waals surface area contributed by atoms with E-state index in [-0.39, 0.29) is 5.91 Å². The molecule has 0 heterocycles. The van der Waals surface area contributed by atoms with E-state index >= 15 is 0 Å². The number of aryl methyl sites for hydroxylation is 1. The number of carbonyl (C=O) groups excluding carboxylic acids is 1. The van der Waals surface area contributed by atoms with Gasteiger partial charge in [0, 0.05) is 17.1 Å². The first-order valence-corrected chi connectivity index (χ1v) is 7.25. The Morgan fingerprint density at radius 2 is 1.79 bits per heavy atom. The second-order valence-electron chi connectivity index (χ2n) is 5.82. The van der Waals surface area contributed by atoms with Gasteiger partial charge in [-0.05, 0) is 48.4 Å². The molecule has 1 aromatic carbocycles. The molecular formula is C16H24ClNO. The number of hydrogen-bond acceptors (Lipinski definition) is 1. The summed E-state index contributed by atoms with van der Waals surface area (Å²) in [5, 5.41) is 3.70. The van der Waals surface area contributed by atoms with Crippen molar-refractivity contribution in [3.8, 4) is 0 Å². The first kappa shape index (κ1) is 16.0.